The average Bonchev–Trinajstić information content (AvgIpc) is 2.43. The van der Waals surface area contributed by atoms with Crippen LogP contribution in [0.25, 0.3) is 0 Å². The van der Waals surface area contributed by atoms with Crippen LogP contribution in [0.1, 0.15) is 59.8 Å². The zero-order valence-electron chi connectivity index (χ0n) is 18.0. The third kappa shape index (κ3) is 7.32. The largest absolute Gasteiger partial charge is 0.416 e. The minimum Gasteiger partial charge on any atom is -0.416 e. The highest BCUT2D eigenvalue weighted by Crippen LogP contribution is 2.38. The minimum absolute atomic E-state index is 1.03. The van der Waals surface area contributed by atoms with Gasteiger partial charge in [-0.15, -0.1) is 0 Å². The van der Waals surface area contributed by atoms with Crippen LogP contribution < -0.4 is 0 Å². The van der Waals surface area contributed by atoms with Crippen molar-refractivity contribution < 1.29 is 16.5 Å². The molecule has 0 aliphatic carbocycles. The Balaban J connectivity index is 3.23. The maximum Gasteiger partial charge on any atom is 0.317 e. The van der Waals surface area contributed by atoms with Crippen LogP contribution in [0.5, 0.6) is 0 Å². The summed E-state index contributed by atoms with van der Waals surface area (Å²) in [7, 11) is -9.07. The van der Waals surface area contributed by atoms with Gasteiger partial charge in [0, 0.05) is 0 Å². The van der Waals surface area contributed by atoms with E-state index in [9.17, 15) is 0 Å². The van der Waals surface area contributed by atoms with E-state index in [0.717, 1.165) is 43.4 Å². The molecule has 8 heteroatoms. The van der Waals surface area contributed by atoms with Crippen LogP contribution in [0.15, 0.2) is 0 Å². The van der Waals surface area contributed by atoms with Gasteiger partial charge in [-0.1, -0.05) is 59.8 Å². The lowest BCUT2D eigenvalue weighted by molar-refractivity contribution is 0.221. The van der Waals surface area contributed by atoms with E-state index in [0.29, 0.717) is 0 Å². The standard InChI is InChI=1S/C17H42O4Si4/c1-9-13-17-25(8)20-23(6,15-11-3)18-22(5,14-10-2)19-24(7,21-25)16-12-4/h9-17H2,1-8H3. The smallest absolute Gasteiger partial charge is 0.317 e. The van der Waals surface area contributed by atoms with Crippen molar-refractivity contribution in [2.45, 2.75) is 110 Å². The highest BCUT2D eigenvalue weighted by Gasteiger charge is 2.55. The Morgan fingerprint density at radius 3 is 0.960 bits per heavy atom. The first-order valence-electron chi connectivity index (χ1n) is 10.4. The topological polar surface area (TPSA) is 36.9 Å². The Hall–Kier alpha value is 0.708. The van der Waals surface area contributed by atoms with E-state index >= 15 is 0 Å². The quantitative estimate of drug-likeness (QED) is 0.404. The molecule has 0 saturated carbocycles. The second kappa shape index (κ2) is 9.77. The molecule has 150 valence electrons. The van der Waals surface area contributed by atoms with Gasteiger partial charge in [0.1, 0.15) is 0 Å². The van der Waals surface area contributed by atoms with Gasteiger partial charge in [0.15, 0.2) is 0 Å². The molecule has 0 N–H and O–H groups in total. The van der Waals surface area contributed by atoms with Gasteiger partial charge in [0.2, 0.25) is 0 Å². The Morgan fingerprint density at radius 1 is 0.440 bits per heavy atom. The summed E-state index contributed by atoms with van der Waals surface area (Å²) in [5.41, 5.74) is 0. The summed E-state index contributed by atoms with van der Waals surface area (Å²) >= 11 is 0. The average molecular weight is 423 g/mol. The van der Waals surface area contributed by atoms with Crippen molar-refractivity contribution in [2.24, 2.45) is 0 Å². The van der Waals surface area contributed by atoms with Crippen LogP contribution in [-0.2, 0) is 16.5 Å². The number of hydrogen-bond acceptors (Lipinski definition) is 4. The van der Waals surface area contributed by atoms with Crippen LogP contribution in [0.2, 0.25) is 50.4 Å². The van der Waals surface area contributed by atoms with E-state index in [1.54, 1.807) is 0 Å². The van der Waals surface area contributed by atoms with Gasteiger partial charge in [-0.05, 0) is 50.4 Å². The first-order chi connectivity index (χ1) is 11.6. The van der Waals surface area contributed by atoms with Crippen LogP contribution in [-0.4, -0.2) is 34.2 Å². The van der Waals surface area contributed by atoms with Gasteiger partial charge in [0.25, 0.3) is 0 Å². The fourth-order valence-electron chi connectivity index (χ4n) is 4.18. The predicted molar refractivity (Wildman–Crippen MR) is 116 cm³/mol. The minimum atomic E-state index is -2.28. The summed E-state index contributed by atoms with van der Waals surface area (Å²) in [6, 6.07) is 4.16. The Kier molecular flexibility index (Phi) is 9.28. The zero-order chi connectivity index (χ0) is 19.2. The van der Waals surface area contributed by atoms with E-state index in [4.69, 9.17) is 16.5 Å². The lowest BCUT2D eigenvalue weighted by Gasteiger charge is -2.50. The third-order valence-electron chi connectivity index (χ3n) is 4.82. The summed E-state index contributed by atoms with van der Waals surface area (Å²) in [6.07, 6.45) is 5.64. The molecule has 0 spiro atoms. The van der Waals surface area contributed by atoms with E-state index < -0.39 is 34.2 Å². The SMILES string of the molecule is CCCC[Si]1(C)O[Si](C)(CCC)O[Si](C)(CCC)O[Si](C)(CCC)O1. The van der Waals surface area contributed by atoms with Crippen LogP contribution in [0, 0.1) is 0 Å². The molecule has 2 atom stereocenters. The molecule has 4 nitrogen and oxygen atoms in total. The molecule has 1 saturated heterocycles. The van der Waals surface area contributed by atoms with Gasteiger partial charge < -0.3 is 16.5 Å². The molecule has 0 aromatic carbocycles. The molecule has 0 radical (unpaired) electrons. The van der Waals surface area contributed by atoms with Crippen molar-refractivity contribution in [1.82, 2.24) is 0 Å². The fourth-order valence-corrected chi connectivity index (χ4v) is 27.9. The molecule has 0 aromatic heterocycles. The predicted octanol–water partition coefficient (Wildman–Crippen LogP) is 6.38. The number of rotatable bonds is 9. The molecule has 1 aliphatic rings. The molecule has 1 rings (SSSR count). The normalized spacial score (nSPS) is 39.8. The Labute approximate surface area is 161 Å². The Bertz CT molecular complexity index is 388. The van der Waals surface area contributed by atoms with Crippen molar-refractivity contribution in [3.63, 3.8) is 0 Å². The maximum atomic E-state index is 6.92. The molecular weight excluding hydrogens is 381 g/mol. The lowest BCUT2D eigenvalue weighted by atomic mass is 10.4. The molecule has 1 fully saturated rings. The van der Waals surface area contributed by atoms with E-state index in [2.05, 4.69) is 53.9 Å². The maximum absolute atomic E-state index is 6.92. The molecule has 1 aliphatic heterocycles. The highest BCUT2D eigenvalue weighted by atomic mass is 28.5. The summed E-state index contributed by atoms with van der Waals surface area (Å²) in [5, 5.41) is 0. The summed E-state index contributed by atoms with van der Waals surface area (Å²) < 4.78 is 27.6. The molecular formula is C17H42O4Si4. The summed E-state index contributed by atoms with van der Waals surface area (Å²) in [5.74, 6) is 0. The monoisotopic (exact) mass is 422 g/mol. The third-order valence-corrected chi connectivity index (χ3v) is 24.1. The number of unbranched alkanes of at least 4 members (excludes halogenated alkanes) is 1. The van der Waals surface area contributed by atoms with Crippen LogP contribution in [0.3, 0.4) is 0 Å². The highest BCUT2D eigenvalue weighted by molar-refractivity contribution is 6.93. The first kappa shape index (κ1) is 23.7. The molecule has 25 heavy (non-hydrogen) atoms. The molecule has 0 bridgehead atoms. The van der Waals surface area contributed by atoms with Crippen molar-refractivity contribution in [2.75, 3.05) is 0 Å². The van der Waals surface area contributed by atoms with Crippen molar-refractivity contribution >= 4 is 34.2 Å². The fraction of sp³-hybridized carbons (Fsp3) is 1.00. The van der Waals surface area contributed by atoms with E-state index in [-0.39, 0.29) is 0 Å². The number of hydrogen-bond donors (Lipinski definition) is 0. The zero-order valence-corrected chi connectivity index (χ0v) is 22.0. The van der Waals surface area contributed by atoms with E-state index in [1.165, 1.54) is 12.8 Å². The molecule has 1 heterocycles. The van der Waals surface area contributed by atoms with Gasteiger partial charge >= 0.3 is 34.2 Å². The summed E-state index contributed by atoms with van der Waals surface area (Å²) in [4.78, 5) is 0. The van der Waals surface area contributed by atoms with Crippen LogP contribution >= 0.6 is 0 Å². The second-order valence-electron chi connectivity index (χ2n) is 8.30. The van der Waals surface area contributed by atoms with Gasteiger partial charge in [-0.3, -0.25) is 0 Å². The Morgan fingerprint density at radius 2 is 0.720 bits per heavy atom. The van der Waals surface area contributed by atoms with Crippen molar-refractivity contribution in [3.8, 4) is 0 Å². The lowest BCUT2D eigenvalue weighted by Crippen LogP contribution is -2.67. The molecule has 0 amide bonds. The molecule has 0 aromatic rings. The van der Waals surface area contributed by atoms with Crippen molar-refractivity contribution in [1.29, 1.82) is 0 Å². The van der Waals surface area contributed by atoms with Crippen molar-refractivity contribution in [3.05, 3.63) is 0 Å². The van der Waals surface area contributed by atoms with Gasteiger partial charge in [-0.25, -0.2) is 0 Å². The van der Waals surface area contributed by atoms with Crippen LogP contribution in [0.4, 0.5) is 0 Å². The second-order valence-corrected chi connectivity index (χ2v) is 22.6. The van der Waals surface area contributed by atoms with Gasteiger partial charge in [0.05, 0.1) is 0 Å². The van der Waals surface area contributed by atoms with Gasteiger partial charge in [-0.2, -0.15) is 0 Å². The summed E-state index contributed by atoms with van der Waals surface area (Å²) in [6.45, 7) is 17.9. The first-order valence-corrected chi connectivity index (χ1v) is 20.5. The van der Waals surface area contributed by atoms with E-state index in [1.807, 2.05) is 0 Å². The molecule has 2 unspecified atom stereocenters.